The van der Waals surface area contributed by atoms with E-state index in [1.807, 2.05) is 0 Å². The Morgan fingerprint density at radius 2 is 1.85 bits per heavy atom. The fourth-order valence-corrected chi connectivity index (χ4v) is 2.22. The summed E-state index contributed by atoms with van der Waals surface area (Å²) in [7, 11) is 0. The molecule has 20 heavy (non-hydrogen) atoms. The van der Waals surface area contributed by atoms with E-state index in [9.17, 15) is 0 Å². The van der Waals surface area contributed by atoms with Crippen LogP contribution >= 0.6 is 15.9 Å². The molecule has 0 fully saturated rings. The predicted molar refractivity (Wildman–Crippen MR) is 87.7 cm³/mol. The molecule has 4 nitrogen and oxygen atoms in total. The Hall–Kier alpha value is -1.62. The molecule has 1 aromatic heterocycles. The van der Waals surface area contributed by atoms with Gasteiger partial charge in [-0.25, -0.2) is 9.97 Å². The maximum absolute atomic E-state index is 4.29. The molecular weight excluding hydrogens is 316 g/mol. The zero-order chi connectivity index (χ0) is 14.5. The number of rotatable bonds is 5. The molecule has 0 spiro atoms. The summed E-state index contributed by atoms with van der Waals surface area (Å²) < 4.78 is 0.853. The minimum Gasteiger partial charge on any atom is -0.369 e. The zero-order valence-electron chi connectivity index (χ0n) is 12.0. The SMILES string of the molecule is CCCNc1ncnc(Nc2ccc(C)c(C)c2)c1Br. The molecule has 0 radical (unpaired) electrons. The number of aromatic nitrogens is 2. The summed E-state index contributed by atoms with van der Waals surface area (Å²) in [5.41, 5.74) is 3.56. The van der Waals surface area contributed by atoms with E-state index in [0.29, 0.717) is 0 Å². The van der Waals surface area contributed by atoms with Crippen LogP contribution in [0.1, 0.15) is 24.5 Å². The van der Waals surface area contributed by atoms with Crippen molar-refractivity contribution in [3.05, 3.63) is 40.1 Å². The number of nitrogens with zero attached hydrogens (tertiary/aromatic N) is 2. The van der Waals surface area contributed by atoms with Crippen molar-refractivity contribution in [2.75, 3.05) is 17.2 Å². The van der Waals surface area contributed by atoms with Crippen molar-refractivity contribution in [3.63, 3.8) is 0 Å². The van der Waals surface area contributed by atoms with Crippen LogP contribution in [0, 0.1) is 13.8 Å². The van der Waals surface area contributed by atoms with Gasteiger partial charge in [0.1, 0.15) is 22.4 Å². The van der Waals surface area contributed by atoms with Gasteiger partial charge < -0.3 is 10.6 Å². The van der Waals surface area contributed by atoms with Gasteiger partial charge in [0.05, 0.1) is 0 Å². The molecule has 106 valence electrons. The maximum atomic E-state index is 4.29. The molecule has 2 N–H and O–H groups in total. The second kappa shape index (κ2) is 6.70. The Morgan fingerprint density at radius 3 is 2.55 bits per heavy atom. The predicted octanol–water partition coefficient (Wildman–Crippen LogP) is 4.42. The average molecular weight is 335 g/mol. The van der Waals surface area contributed by atoms with Gasteiger partial charge in [-0.1, -0.05) is 13.0 Å². The maximum Gasteiger partial charge on any atom is 0.150 e. The summed E-state index contributed by atoms with van der Waals surface area (Å²) in [6.45, 7) is 7.21. The first kappa shape index (κ1) is 14.8. The summed E-state index contributed by atoms with van der Waals surface area (Å²) in [4.78, 5) is 8.53. The Labute approximate surface area is 128 Å². The van der Waals surface area contributed by atoms with E-state index in [-0.39, 0.29) is 0 Å². The second-order valence-corrected chi connectivity index (χ2v) is 5.53. The number of nitrogens with one attached hydrogen (secondary N) is 2. The molecule has 0 atom stereocenters. The number of aryl methyl sites for hydroxylation is 2. The molecule has 0 saturated carbocycles. The highest BCUT2D eigenvalue weighted by Crippen LogP contribution is 2.29. The Bertz CT molecular complexity index is 598. The zero-order valence-corrected chi connectivity index (χ0v) is 13.6. The molecule has 0 amide bonds. The van der Waals surface area contributed by atoms with Gasteiger partial charge in [-0.15, -0.1) is 0 Å². The Morgan fingerprint density at radius 1 is 1.10 bits per heavy atom. The fourth-order valence-electron chi connectivity index (χ4n) is 1.78. The fraction of sp³-hybridized carbons (Fsp3) is 0.333. The largest absolute Gasteiger partial charge is 0.369 e. The molecule has 0 aliphatic rings. The summed E-state index contributed by atoms with van der Waals surface area (Å²) >= 11 is 3.55. The lowest BCUT2D eigenvalue weighted by Gasteiger charge is -2.12. The second-order valence-electron chi connectivity index (χ2n) is 4.74. The normalized spacial score (nSPS) is 10.4. The third kappa shape index (κ3) is 3.48. The highest BCUT2D eigenvalue weighted by Gasteiger charge is 2.08. The molecule has 2 rings (SSSR count). The first-order valence-electron chi connectivity index (χ1n) is 6.70. The minimum atomic E-state index is 0.766. The topological polar surface area (TPSA) is 49.8 Å². The van der Waals surface area contributed by atoms with Crippen LogP contribution in [-0.2, 0) is 0 Å². The van der Waals surface area contributed by atoms with Crippen molar-refractivity contribution in [1.82, 2.24) is 9.97 Å². The lowest BCUT2D eigenvalue weighted by molar-refractivity contribution is 0.962. The van der Waals surface area contributed by atoms with Crippen molar-refractivity contribution >= 4 is 33.3 Å². The van der Waals surface area contributed by atoms with Gasteiger partial charge in [-0.2, -0.15) is 0 Å². The molecule has 1 aromatic carbocycles. The summed E-state index contributed by atoms with van der Waals surface area (Å²) in [5.74, 6) is 1.58. The number of anilines is 3. The minimum absolute atomic E-state index is 0.766. The van der Waals surface area contributed by atoms with E-state index in [2.05, 4.69) is 75.5 Å². The number of hydrogen-bond acceptors (Lipinski definition) is 4. The summed E-state index contributed by atoms with van der Waals surface area (Å²) in [5, 5.41) is 6.59. The molecule has 0 bridgehead atoms. The van der Waals surface area contributed by atoms with Gasteiger partial charge in [0.2, 0.25) is 0 Å². The van der Waals surface area contributed by atoms with Crippen molar-refractivity contribution < 1.29 is 0 Å². The highest BCUT2D eigenvalue weighted by molar-refractivity contribution is 9.10. The molecule has 5 heteroatoms. The van der Waals surface area contributed by atoms with Crippen molar-refractivity contribution in [2.24, 2.45) is 0 Å². The molecule has 0 unspecified atom stereocenters. The van der Waals surface area contributed by atoms with E-state index < -0.39 is 0 Å². The van der Waals surface area contributed by atoms with Crippen LogP contribution in [0.2, 0.25) is 0 Å². The number of benzene rings is 1. The van der Waals surface area contributed by atoms with Crippen LogP contribution in [0.5, 0.6) is 0 Å². The molecule has 1 heterocycles. The van der Waals surface area contributed by atoms with Crippen molar-refractivity contribution in [1.29, 1.82) is 0 Å². The Kier molecular flexibility index (Phi) is 4.95. The first-order valence-corrected chi connectivity index (χ1v) is 7.49. The third-order valence-electron chi connectivity index (χ3n) is 3.10. The van der Waals surface area contributed by atoms with Gasteiger partial charge in [-0.3, -0.25) is 0 Å². The van der Waals surface area contributed by atoms with Gasteiger partial charge in [0, 0.05) is 12.2 Å². The van der Waals surface area contributed by atoms with Gasteiger partial charge in [0.15, 0.2) is 0 Å². The molecular formula is C15H19BrN4. The Balaban J connectivity index is 2.22. The van der Waals surface area contributed by atoms with Crippen LogP contribution in [0.25, 0.3) is 0 Å². The van der Waals surface area contributed by atoms with Gasteiger partial charge in [-0.05, 0) is 59.5 Å². The lowest BCUT2D eigenvalue weighted by atomic mass is 10.1. The van der Waals surface area contributed by atoms with Crippen LogP contribution in [0.4, 0.5) is 17.3 Å². The highest BCUT2D eigenvalue weighted by atomic mass is 79.9. The molecule has 2 aromatic rings. The van der Waals surface area contributed by atoms with Crippen LogP contribution < -0.4 is 10.6 Å². The lowest BCUT2D eigenvalue weighted by Crippen LogP contribution is -2.05. The van der Waals surface area contributed by atoms with E-state index in [1.165, 1.54) is 11.1 Å². The quantitative estimate of drug-likeness (QED) is 0.849. The van der Waals surface area contributed by atoms with Gasteiger partial charge >= 0.3 is 0 Å². The average Bonchev–Trinajstić information content (AvgIpc) is 2.44. The van der Waals surface area contributed by atoms with Crippen LogP contribution in [0.15, 0.2) is 29.0 Å². The summed E-state index contributed by atoms with van der Waals surface area (Å²) in [6, 6.07) is 6.27. The van der Waals surface area contributed by atoms with E-state index in [1.54, 1.807) is 6.33 Å². The van der Waals surface area contributed by atoms with Crippen molar-refractivity contribution in [2.45, 2.75) is 27.2 Å². The standard InChI is InChI=1S/C15H19BrN4/c1-4-7-17-14-13(16)15(19-9-18-14)20-12-6-5-10(2)11(3)8-12/h5-6,8-9H,4,7H2,1-3H3,(H2,17,18,19,20). The van der Waals surface area contributed by atoms with E-state index in [0.717, 1.165) is 34.8 Å². The number of halogens is 1. The van der Waals surface area contributed by atoms with Crippen LogP contribution in [0.3, 0.4) is 0 Å². The number of hydrogen-bond donors (Lipinski definition) is 2. The van der Waals surface area contributed by atoms with Crippen LogP contribution in [-0.4, -0.2) is 16.5 Å². The molecule has 0 aliphatic heterocycles. The third-order valence-corrected chi connectivity index (χ3v) is 3.85. The summed E-state index contributed by atoms with van der Waals surface area (Å²) in [6.07, 6.45) is 2.61. The van der Waals surface area contributed by atoms with E-state index >= 15 is 0 Å². The molecule has 0 aliphatic carbocycles. The van der Waals surface area contributed by atoms with Gasteiger partial charge in [0.25, 0.3) is 0 Å². The van der Waals surface area contributed by atoms with E-state index in [4.69, 9.17) is 0 Å². The molecule has 0 saturated heterocycles. The first-order chi connectivity index (χ1) is 9.61. The monoisotopic (exact) mass is 334 g/mol. The smallest absolute Gasteiger partial charge is 0.150 e. The van der Waals surface area contributed by atoms with Crippen molar-refractivity contribution in [3.8, 4) is 0 Å².